The third-order valence-corrected chi connectivity index (χ3v) is 5.10. The predicted molar refractivity (Wildman–Crippen MR) is 74.0 cm³/mol. The van der Waals surface area contributed by atoms with Crippen molar-refractivity contribution in [3.63, 3.8) is 0 Å². The van der Waals surface area contributed by atoms with E-state index in [2.05, 4.69) is 4.98 Å². The highest BCUT2D eigenvalue weighted by Crippen LogP contribution is 2.24. The molecule has 0 saturated heterocycles. The molecule has 0 radical (unpaired) electrons. The third-order valence-electron chi connectivity index (χ3n) is 3.15. The molecule has 1 unspecified atom stereocenters. The third kappa shape index (κ3) is 2.83. The van der Waals surface area contributed by atoms with E-state index in [1.54, 1.807) is 49.8 Å². The Morgan fingerprint density at radius 3 is 2.21 bits per heavy atom. The van der Waals surface area contributed by atoms with Crippen molar-refractivity contribution in [2.75, 3.05) is 7.05 Å². The number of hydrogen-bond donors (Lipinski definition) is 0. The van der Waals surface area contributed by atoms with Crippen LogP contribution in [0.3, 0.4) is 0 Å². The molecule has 4 nitrogen and oxygen atoms in total. The van der Waals surface area contributed by atoms with E-state index in [-0.39, 0.29) is 6.04 Å². The summed E-state index contributed by atoms with van der Waals surface area (Å²) in [6.45, 7) is 1.86. The van der Waals surface area contributed by atoms with E-state index >= 15 is 0 Å². The lowest BCUT2D eigenvalue weighted by Crippen LogP contribution is -2.29. The van der Waals surface area contributed by atoms with Crippen LogP contribution in [0.15, 0.2) is 59.8 Å². The monoisotopic (exact) mass is 276 g/mol. The van der Waals surface area contributed by atoms with E-state index in [1.165, 1.54) is 4.31 Å². The molecule has 1 heterocycles. The van der Waals surface area contributed by atoms with Gasteiger partial charge in [0, 0.05) is 25.5 Å². The van der Waals surface area contributed by atoms with E-state index in [0.29, 0.717) is 4.90 Å². The second-order valence-corrected chi connectivity index (χ2v) is 6.29. The largest absolute Gasteiger partial charge is 0.265 e. The van der Waals surface area contributed by atoms with Gasteiger partial charge in [0.15, 0.2) is 0 Å². The Balaban J connectivity index is 2.32. The molecular weight excluding hydrogens is 260 g/mol. The number of hydrogen-bond acceptors (Lipinski definition) is 3. The van der Waals surface area contributed by atoms with Gasteiger partial charge in [-0.05, 0) is 36.8 Å². The van der Waals surface area contributed by atoms with Crippen LogP contribution in [0.5, 0.6) is 0 Å². The van der Waals surface area contributed by atoms with E-state index in [1.807, 2.05) is 19.1 Å². The standard InChI is InChI=1S/C14H16N2O2S/c1-12(13-8-10-15-11-9-13)16(2)19(17,18)14-6-4-3-5-7-14/h3-12H,1-2H3. The van der Waals surface area contributed by atoms with Gasteiger partial charge in [0.25, 0.3) is 0 Å². The fraction of sp³-hybridized carbons (Fsp3) is 0.214. The van der Waals surface area contributed by atoms with Gasteiger partial charge in [-0.1, -0.05) is 18.2 Å². The molecule has 1 aromatic heterocycles. The fourth-order valence-corrected chi connectivity index (χ4v) is 3.19. The van der Waals surface area contributed by atoms with Crippen LogP contribution in [0.25, 0.3) is 0 Å². The van der Waals surface area contributed by atoms with Gasteiger partial charge in [0.05, 0.1) is 4.90 Å². The Bertz CT molecular complexity index is 627. The van der Waals surface area contributed by atoms with Crippen LogP contribution in [0, 0.1) is 0 Å². The maximum absolute atomic E-state index is 12.5. The minimum Gasteiger partial charge on any atom is -0.265 e. The van der Waals surface area contributed by atoms with Crippen molar-refractivity contribution < 1.29 is 8.42 Å². The summed E-state index contributed by atoms with van der Waals surface area (Å²) in [6, 6.07) is 11.8. The summed E-state index contributed by atoms with van der Waals surface area (Å²) in [5.41, 5.74) is 0.914. The van der Waals surface area contributed by atoms with Crippen LogP contribution < -0.4 is 0 Å². The maximum Gasteiger partial charge on any atom is 0.243 e. The van der Waals surface area contributed by atoms with Gasteiger partial charge >= 0.3 is 0 Å². The van der Waals surface area contributed by atoms with Gasteiger partial charge in [0.2, 0.25) is 10.0 Å². The first-order valence-corrected chi connectivity index (χ1v) is 7.40. The zero-order chi connectivity index (χ0) is 13.9. The number of pyridine rings is 1. The highest BCUT2D eigenvalue weighted by Gasteiger charge is 2.25. The molecule has 5 heteroatoms. The van der Waals surface area contributed by atoms with E-state index in [9.17, 15) is 8.42 Å². The van der Waals surface area contributed by atoms with E-state index in [4.69, 9.17) is 0 Å². The zero-order valence-corrected chi connectivity index (χ0v) is 11.7. The molecule has 1 atom stereocenters. The molecular formula is C14H16N2O2S. The highest BCUT2D eigenvalue weighted by atomic mass is 32.2. The molecule has 0 amide bonds. The fourth-order valence-electron chi connectivity index (χ4n) is 1.82. The summed E-state index contributed by atoms with van der Waals surface area (Å²) in [5.74, 6) is 0. The smallest absolute Gasteiger partial charge is 0.243 e. The highest BCUT2D eigenvalue weighted by molar-refractivity contribution is 7.89. The minimum atomic E-state index is -3.47. The van der Waals surface area contributed by atoms with Crippen LogP contribution >= 0.6 is 0 Å². The van der Waals surface area contributed by atoms with Crippen LogP contribution in [-0.2, 0) is 10.0 Å². The summed E-state index contributed by atoms with van der Waals surface area (Å²) in [6.07, 6.45) is 3.32. The van der Waals surface area contributed by atoms with Gasteiger partial charge in [-0.3, -0.25) is 4.98 Å². The maximum atomic E-state index is 12.5. The molecule has 0 spiro atoms. The molecule has 2 aromatic rings. The summed E-state index contributed by atoms with van der Waals surface area (Å²) in [5, 5.41) is 0. The van der Waals surface area contributed by atoms with Gasteiger partial charge in [-0.25, -0.2) is 8.42 Å². The Kier molecular flexibility index (Phi) is 3.97. The van der Waals surface area contributed by atoms with Crippen LogP contribution in [0.1, 0.15) is 18.5 Å². The number of nitrogens with zero attached hydrogens (tertiary/aromatic N) is 2. The molecule has 19 heavy (non-hydrogen) atoms. The van der Waals surface area contributed by atoms with Crippen molar-refractivity contribution in [3.05, 3.63) is 60.4 Å². The van der Waals surface area contributed by atoms with Crippen molar-refractivity contribution in [2.45, 2.75) is 17.9 Å². The lowest BCUT2D eigenvalue weighted by Gasteiger charge is -2.24. The Labute approximate surface area is 113 Å². The van der Waals surface area contributed by atoms with Crippen LogP contribution in [0.2, 0.25) is 0 Å². The molecule has 100 valence electrons. The lowest BCUT2D eigenvalue weighted by atomic mass is 10.1. The van der Waals surface area contributed by atoms with E-state index in [0.717, 1.165) is 5.56 Å². The Morgan fingerprint density at radius 2 is 1.63 bits per heavy atom. The quantitative estimate of drug-likeness (QED) is 0.862. The van der Waals surface area contributed by atoms with Gasteiger partial charge < -0.3 is 0 Å². The minimum absolute atomic E-state index is 0.242. The lowest BCUT2D eigenvalue weighted by molar-refractivity contribution is 0.398. The van der Waals surface area contributed by atoms with Crippen molar-refractivity contribution in [3.8, 4) is 0 Å². The van der Waals surface area contributed by atoms with Crippen molar-refractivity contribution in [2.24, 2.45) is 0 Å². The average Bonchev–Trinajstić information content (AvgIpc) is 2.47. The second kappa shape index (κ2) is 5.50. The Morgan fingerprint density at radius 1 is 1.05 bits per heavy atom. The zero-order valence-electron chi connectivity index (χ0n) is 10.9. The second-order valence-electron chi connectivity index (χ2n) is 4.29. The predicted octanol–water partition coefficient (Wildman–Crippen LogP) is 2.46. The number of benzene rings is 1. The first-order valence-electron chi connectivity index (χ1n) is 5.96. The van der Waals surface area contributed by atoms with Crippen molar-refractivity contribution >= 4 is 10.0 Å². The normalized spacial score (nSPS) is 13.4. The molecule has 0 saturated carbocycles. The summed E-state index contributed by atoms with van der Waals surface area (Å²) in [4.78, 5) is 4.24. The molecule has 2 rings (SSSR count). The molecule has 0 aliphatic carbocycles. The number of rotatable bonds is 4. The van der Waals surface area contributed by atoms with Gasteiger partial charge in [-0.2, -0.15) is 4.31 Å². The first-order chi connectivity index (χ1) is 9.03. The topological polar surface area (TPSA) is 50.3 Å². The summed E-state index contributed by atoms with van der Waals surface area (Å²) in [7, 11) is -1.88. The van der Waals surface area contributed by atoms with Crippen LogP contribution in [-0.4, -0.2) is 24.8 Å². The molecule has 0 aliphatic heterocycles. The molecule has 0 N–H and O–H groups in total. The van der Waals surface area contributed by atoms with E-state index < -0.39 is 10.0 Å². The molecule has 0 fully saturated rings. The Hall–Kier alpha value is -1.72. The van der Waals surface area contributed by atoms with Crippen molar-refractivity contribution in [1.82, 2.24) is 9.29 Å². The van der Waals surface area contributed by atoms with Crippen molar-refractivity contribution in [1.29, 1.82) is 0 Å². The SMILES string of the molecule is CC(c1ccncc1)N(C)S(=O)(=O)c1ccccc1. The van der Waals surface area contributed by atoms with Gasteiger partial charge in [0.1, 0.15) is 0 Å². The number of aromatic nitrogens is 1. The molecule has 0 aliphatic rings. The molecule has 0 bridgehead atoms. The first kappa shape index (κ1) is 13.7. The van der Waals surface area contributed by atoms with Crippen LogP contribution in [0.4, 0.5) is 0 Å². The molecule has 1 aromatic carbocycles. The number of sulfonamides is 1. The average molecular weight is 276 g/mol. The summed E-state index contributed by atoms with van der Waals surface area (Å²) < 4.78 is 26.3. The van der Waals surface area contributed by atoms with Gasteiger partial charge in [-0.15, -0.1) is 0 Å². The summed E-state index contributed by atoms with van der Waals surface area (Å²) >= 11 is 0.